The van der Waals surface area contributed by atoms with Crippen molar-refractivity contribution in [1.29, 1.82) is 0 Å². The van der Waals surface area contributed by atoms with Crippen LogP contribution < -0.4 is 9.64 Å². The summed E-state index contributed by atoms with van der Waals surface area (Å²) in [7, 11) is 1.57. The molecule has 0 radical (unpaired) electrons. The number of aromatic nitrogens is 1. The number of hydrogen-bond donors (Lipinski definition) is 1. The Bertz CT molecular complexity index is 884. The van der Waals surface area contributed by atoms with E-state index in [1.807, 2.05) is 41.4 Å². The van der Waals surface area contributed by atoms with Crippen molar-refractivity contribution in [2.75, 3.05) is 51.3 Å². The van der Waals surface area contributed by atoms with Crippen molar-refractivity contribution in [3.05, 3.63) is 48.2 Å². The maximum Gasteiger partial charge on any atom is 0.222 e. The van der Waals surface area contributed by atoms with E-state index < -0.39 is 0 Å². The molecule has 0 spiro atoms. The van der Waals surface area contributed by atoms with E-state index in [0.717, 1.165) is 63.5 Å². The number of pyridine rings is 1. The van der Waals surface area contributed by atoms with Crippen LogP contribution in [0.3, 0.4) is 0 Å². The van der Waals surface area contributed by atoms with E-state index in [1.165, 1.54) is 6.42 Å². The number of rotatable bonds is 7. The predicted molar refractivity (Wildman–Crippen MR) is 125 cm³/mol. The van der Waals surface area contributed by atoms with Crippen LogP contribution in [0.4, 0.5) is 5.82 Å². The summed E-state index contributed by atoms with van der Waals surface area (Å²) in [6, 6.07) is 11.6. The zero-order valence-electron chi connectivity index (χ0n) is 18.9. The normalized spacial score (nSPS) is 19.7. The first kappa shape index (κ1) is 22.4. The van der Waals surface area contributed by atoms with E-state index in [0.29, 0.717) is 24.6 Å². The van der Waals surface area contributed by atoms with Gasteiger partial charge in [0.05, 0.1) is 7.11 Å². The number of amides is 1. The van der Waals surface area contributed by atoms with Gasteiger partial charge in [0, 0.05) is 57.4 Å². The molecule has 1 aromatic carbocycles. The number of carbonyl (C=O) groups excluding carboxylic acids is 1. The van der Waals surface area contributed by atoms with Crippen molar-refractivity contribution >= 4 is 11.7 Å². The zero-order chi connectivity index (χ0) is 22.3. The molecule has 1 N–H and O–H groups in total. The number of phenols is 1. The molecule has 7 nitrogen and oxygen atoms in total. The van der Waals surface area contributed by atoms with Crippen LogP contribution in [-0.4, -0.2) is 72.2 Å². The largest absolute Gasteiger partial charge is 0.504 e. The van der Waals surface area contributed by atoms with Gasteiger partial charge in [-0.05, 0) is 49.9 Å². The van der Waals surface area contributed by atoms with E-state index in [9.17, 15) is 9.90 Å². The van der Waals surface area contributed by atoms with Crippen LogP contribution in [0.1, 0.15) is 31.2 Å². The number of ether oxygens (including phenoxy) is 1. The van der Waals surface area contributed by atoms with Crippen LogP contribution in [0, 0.1) is 5.92 Å². The van der Waals surface area contributed by atoms with Crippen LogP contribution in [0.5, 0.6) is 11.5 Å². The molecule has 2 fully saturated rings. The van der Waals surface area contributed by atoms with Crippen molar-refractivity contribution in [3.63, 3.8) is 0 Å². The van der Waals surface area contributed by atoms with Gasteiger partial charge < -0.3 is 19.6 Å². The quantitative estimate of drug-likeness (QED) is 0.716. The monoisotopic (exact) mass is 438 g/mol. The lowest BCUT2D eigenvalue weighted by atomic mass is 9.92. The Kier molecular flexibility index (Phi) is 7.47. The van der Waals surface area contributed by atoms with E-state index in [-0.39, 0.29) is 11.7 Å². The fourth-order valence-electron chi connectivity index (χ4n) is 4.84. The van der Waals surface area contributed by atoms with Gasteiger partial charge in [0.25, 0.3) is 0 Å². The van der Waals surface area contributed by atoms with Gasteiger partial charge in [-0.25, -0.2) is 4.98 Å². The maximum atomic E-state index is 12.8. The highest BCUT2D eigenvalue weighted by Crippen LogP contribution is 2.31. The molecular formula is C25H34N4O3. The van der Waals surface area contributed by atoms with Crippen LogP contribution in [0.2, 0.25) is 0 Å². The van der Waals surface area contributed by atoms with E-state index >= 15 is 0 Å². The number of likely N-dealkylation sites (tertiary alicyclic amines) is 1. The molecule has 2 aliphatic heterocycles. The number of anilines is 1. The SMILES string of the molecule is COc1cccc(CN2CCC[C@H](CCC(=O)N3CCN(c4ccccn4)CC3)C2)c1O. The molecule has 1 atom stereocenters. The molecule has 0 aliphatic carbocycles. The van der Waals surface area contributed by atoms with Gasteiger partial charge in [0.15, 0.2) is 11.5 Å². The third kappa shape index (κ3) is 5.51. The summed E-state index contributed by atoms with van der Waals surface area (Å²) in [5.41, 5.74) is 0.895. The maximum absolute atomic E-state index is 12.8. The lowest BCUT2D eigenvalue weighted by Crippen LogP contribution is -2.49. The number of methoxy groups -OCH3 is 1. The Hall–Kier alpha value is -2.80. The zero-order valence-corrected chi connectivity index (χ0v) is 18.9. The van der Waals surface area contributed by atoms with Crippen molar-refractivity contribution in [3.8, 4) is 11.5 Å². The summed E-state index contributed by atoms with van der Waals surface area (Å²) in [5, 5.41) is 10.4. The van der Waals surface area contributed by atoms with Crippen molar-refractivity contribution in [1.82, 2.24) is 14.8 Å². The number of nitrogens with zero attached hydrogens (tertiary/aromatic N) is 4. The number of carbonyl (C=O) groups is 1. The Morgan fingerprint density at radius 1 is 1.12 bits per heavy atom. The van der Waals surface area contributed by atoms with Gasteiger partial charge in [-0.1, -0.05) is 18.2 Å². The van der Waals surface area contributed by atoms with Gasteiger partial charge >= 0.3 is 0 Å². The third-order valence-electron chi connectivity index (χ3n) is 6.67. The molecule has 172 valence electrons. The molecule has 0 bridgehead atoms. The van der Waals surface area contributed by atoms with E-state index in [4.69, 9.17) is 4.74 Å². The number of benzene rings is 1. The third-order valence-corrected chi connectivity index (χ3v) is 6.67. The average molecular weight is 439 g/mol. The molecule has 1 amide bonds. The van der Waals surface area contributed by atoms with Gasteiger partial charge in [-0.2, -0.15) is 0 Å². The van der Waals surface area contributed by atoms with Crippen LogP contribution in [-0.2, 0) is 11.3 Å². The molecule has 32 heavy (non-hydrogen) atoms. The highest BCUT2D eigenvalue weighted by Gasteiger charge is 2.25. The molecule has 4 rings (SSSR count). The lowest BCUT2D eigenvalue weighted by molar-refractivity contribution is -0.131. The van der Waals surface area contributed by atoms with Crippen LogP contribution in [0.15, 0.2) is 42.6 Å². The van der Waals surface area contributed by atoms with Crippen molar-refractivity contribution < 1.29 is 14.6 Å². The van der Waals surface area contributed by atoms with Gasteiger partial charge in [0.2, 0.25) is 5.91 Å². The standard InChI is InChI=1S/C25H34N4O3/c1-32-22-8-4-7-21(25(22)31)19-27-13-5-6-20(18-27)10-11-24(30)29-16-14-28(15-17-29)23-9-2-3-12-26-23/h2-4,7-9,12,20,31H,5-6,10-11,13-19H2,1H3/t20-/m1/s1. The molecule has 0 unspecified atom stereocenters. The smallest absolute Gasteiger partial charge is 0.222 e. The minimum atomic E-state index is 0.233. The molecule has 7 heteroatoms. The van der Waals surface area contributed by atoms with Crippen molar-refractivity contribution in [2.24, 2.45) is 5.92 Å². The van der Waals surface area contributed by atoms with Gasteiger partial charge in [-0.3, -0.25) is 9.69 Å². The van der Waals surface area contributed by atoms with E-state index in [2.05, 4.69) is 14.8 Å². The molecular weight excluding hydrogens is 404 g/mol. The second-order valence-electron chi connectivity index (χ2n) is 8.81. The molecule has 2 aliphatic rings. The molecule has 0 saturated carbocycles. The topological polar surface area (TPSA) is 69.1 Å². The number of piperazine rings is 1. The first-order valence-corrected chi connectivity index (χ1v) is 11.6. The molecule has 2 aromatic rings. The summed E-state index contributed by atoms with van der Waals surface area (Å²) < 4.78 is 5.23. The second kappa shape index (κ2) is 10.7. The Balaban J connectivity index is 1.22. The number of para-hydroxylation sites is 1. The highest BCUT2D eigenvalue weighted by atomic mass is 16.5. The Labute approximate surface area is 190 Å². The van der Waals surface area contributed by atoms with Gasteiger partial charge in [0.1, 0.15) is 5.82 Å². The van der Waals surface area contributed by atoms with E-state index in [1.54, 1.807) is 13.2 Å². The van der Waals surface area contributed by atoms with Gasteiger partial charge in [-0.15, -0.1) is 0 Å². The highest BCUT2D eigenvalue weighted by molar-refractivity contribution is 5.76. The lowest BCUT2D eigenvalue weighted by Gasteiger charge is -2.36. The minimum Gasteiger partial charge on any atom is -0.504 e. The Morgan fingerprint density at radius 3 is 2.72 bits per heavy atom. The summed E-state index contributed by atoms with van der Waals surface area (Å²) in [6.07, 6.45) is 5.66. The van der Waals surface area contributed by atoms with Crippen LogP contribution >= 0.6 is 0 Å². The van der Waals surface area contributed by atoms with Crippen molar-refractivity contribution in [2.45, 2.75) is 32.2 Å². The van der Waals surface area contributed by atoms with Crippen LogP contribution in [0.25, 0.3) is 0 Å². The number of piperidine rings is 1. The first-order valence-electron chi connectivity index (χ1n) is 11.6. The molecule has 2 saturated heterocycles. The fraction of sp³-hybridized carbons (Fsp3) is 0.520. The minimum absolute atomic E-state index is 0.233. The first-order chi connectivity index (χ1) is 15.6. The molecule has 1 aromatic heterocycles. The summed E-state index contributed by atoms with van der Waals surface area (Å²) in [6.45, 7) is 5.91. The predicted octanol–water partition coefficient (Wildman–Crippen LogP) is 3.14. The number of hydrogen-bond acceptors (Lipinski definition) is 6. The number of phenolic OH excluding ortho intramolecular Hbond substituents is 1. The summed E-state index contributed by atoms with van der Waals surface area (Å²) in [4.78, 5) is 23.9. The average Bonchev–Trinajstić information content (AvgIpc) is 2.85. The Morgan fingerprint density at radius 2 is 1.97 bits per heavy atom. The summed E-state index contributed by atoms with van der Waals surface area (Å²) in [5.74, 6) is 2.54. The second-order valence-corrected chi connectivity index (χ2v) is 8.81. The molecule has 3 heterocycles. The summed E-state index contributed by atoms with van der Waals surface area (Å²) >= 11 is 0. The number of aromatic hydroxyl groups is 1. The fourth-order valence-corrected chi connectivity index (χ4v) is 4.84.